The zero-order valence-electron chi connectivity index (χ0n) is 17.3. The van der Waals surface area contributed by atoms with E-state index >= 15 is 0 Å². The quantitative estimate of drug-likeness (QED) is 0.658. The van der Waals surface area contributed by atoms with E-state index in [2.05, 4.69) is 19.9 Å². The lowest BCUT2D eigenvalue weighted by Crippen LogP contribution is -2.44. The van der Waals surface area contributed by atoms with Gasteiger partial charge in [0.15, 0.2) is 5.13 Å². The molecule has 1 aromatic carbocycles. The zero-order valence-corrected chi connectivity index (χ0v) is 19.0. The second-order valence-corrected chi connectivity index (χ2v) is 9.84. The topological polar surface area (TPSA) is 110 Å². The molecular formula is C19H26N4O5S2. The molecule has 2 atom stereocenters. The molecule has 0 spiro atoms. The molecule has 3 rings (SSSR count). The fraction of sp³-hybridized carbons (Fsp3) is 0.474. The maximum atomic E-state index is 12.6. The van der Waals surface area contributed by atoms with Gasteiger partial charge in [0, 0.05) is 30.6 Å². The number of amides is 1. The molecule has 0 radical (unpaired) electrons. The van der Waals surface area contributed by atoms with Crippen molar-refractivity contribution in [2.24, 2.45) is 0 Å². The maximum Gasteiger partial charge on any atom is 0.257 e. The number of thiazole rings is 1. The van der Waals surface area contributed by atoms with Gasteiger partial charge in [0.05, 0.1) is 25.0 Å². The molecule has 164 valence electrons. The summed E-state index contributed by atoms with van der Waals surface area (Å²) in [6.07, 6.45) is 0.342. The summed E-state index contributed by atoms with van der Waals surface area (Å²) in [5.41, 5.74) is 1.06. The number of carbonyl (C=O) groups excluding carboxylic acids is 1. The lowest BCUT2D eigenvalue weighted by molar-refractivity contribution is -0.0707. The number of carbonyl (C=O) groups is 1. The van der Waals surface area contributed by atoms with Crippen LogP contribution in [0.2, 0.25) is 0 Å². The third-order valence-electron chi connectivity index (χ3n) is 4.64. The SMILES string of the molecule is CNS(=O)(=O)c1cc(C(=O)Nc2nc(CN3C[C@@H](C)O[C@H](C)C3)cs2)ccc1OC. The third kappa shape index (κ3) is 5.35. The number of rotatable bonds is 7. The summed E-state index contributed by atoms with van der Waals surface area (Å²) >= 11 is 1.33. The van der Waals surface area contributed by atoms with Crippen LogP contribution in [0.15, 0.2) is 28.5 Å². The van der Waals surface area contributed by atoms with Gasteiger partial charge in [-0.3, -0.25) is 15.0 Å². The number of hydrogen-bond acceptors (Lipinski definition) is 8. The number of benzene rings is 1. The number of hydrogen-bond donors (Lipinski definition) is 2. The predicted molar refractivity (Wildman–Crippen MR) is 115 cm³/mol. The van der Waals surface area contributed by atoms with Crippen LogP contribution < -0.4 is 14.8 Å². The second-order valence-electron chi connectivity index (χ2n) is 7.12. The molecule has 30 heavy (non-hydrogen) atoms. The van der Waals surface area contributed by atoms with Gasteiger partial charge in [-0.05, 0) is 39.1 Å². The van der Waals surface area contributed by atoms with Gasteiger partial charge in [-0.2, -0.15) is 0 Å². The van der Waals surface area contributed by atoms with Crippen molar-refractivity contribution in [3.63, 3.8) is 0 Å². The van der Waals surface area contributed by atoms with Crippen molar-refractivity contribution in [3.05, 3.63) is 34.8 Å². The minimum absolute atomic E-state index is 0.101. The van der Waals surface area contributed by atoms with Crippen LogP contribution in [0, 0.1) is 0 Å². The molecule has 1 amide bonds. The van der Waals surface area contributed by atoms with Crippen LogP contribution in [0.25, 0.3) is 0 Å². The Morgan fingerprint density at radius 1 is 1.33 bits per heavy atom. The smallest absolute Gasteiger partial charge is 0.257 e. The Morgan fingerprint density at radius 2 is 2.03 bits per heavy atom. The molecule has 9 nitrogen and oxygen atoms in total. The average Bonchev–Trinajstić information content (AvgIpc) is 3.13. The molecule has 2 N–H and O–H groups in total. The lowest BCUT2D eigenvalue weighted by Gasteiger charge is -2.34. The Morgan fingerprint density at radius 3 is 2.67 bits per heavy atom. The largest absolute Gasteiger partial charge is 0.495 e. The van der Waals surface area contributed by atoms with E-state index in [-0.39, 0.29) is 28.4 Å². The molecule has 2 aromatic rings. The molecule has 11 heteroatoms. The van der Waals surface area contributed by atoms with Gasteiger partial charge in [0.1, 0.15) is 10.6 Å². The average molecular weight is 455 g/mol. The van der Waals surface area contributed by atoms with Gasteiger partial charge in [0.2, 0.25) is 10.0 Å². The van der Waals surface area contributed by atoms with E-state index in [4.69, 9.17) is 9.47 Å². The Hall–Kier alpha value is -2.05. The lowest BCUT2D eigenvalue weighted by atomic mass is 10.2. The van der Waals surface area contributed by atoms with Crippen molar-refractivity contribution in [2.45, 2.75) is 37.5 Å². The van der Waals surface area contributed by atoms with Gasteiger partial charge in [-0.1, -0.05) is 0 Å². The summed E-state index contributed by atoms with van der Waals surface area (Å²) in [6, 6.07) is 4.24. The normalized spacial score (nSPS) is 20.1. The molecule has 1 aromatic heterocycles. The Balaban J connectivity index is 1.70. The summed E-state index contributed by atoms with van der Waals surface area (Å²) in [5.74, 6) is -0.286. The van der Waals surface area contributed by atoms with Crippen LogP contribution in [0.1, 0.15) is 29.9 Å². The summed E-state index contributed by atoms with van der Waals surface area (Å²) in [6.45, 7) is 6.44. The zero-order chi connectivity index (χ0) is 21.9. The number of ether oxygens (including phenoxy) is 2. The van der Waals surface area contributed by atoms with Crippen LogP contribution in [-0.4, -0.2) is 63.7 Å². The van der Waals surface area contributed by atoms with Crippen LogP contribution in [0.4, 0.5) is 5.13 Å². The number of methoxy groups -OCH3 is 1. The van der Waals surface area contributed by atoms with E-state index in [1.807, 2.05) is 19.2 Å². The number of nitrogens with zero attached hydrogens (tertiary/aromatic N) is 2. The van der Waals surface area contributed by atoms with Crippen molar-refractivity contribution in [1.29, 1.82) is 0 Å². The Kier molecular flexibility index (Phi) is 7.09. The third-order valence-corrected chi connectivity index (χ3v) is 6.88. The second kappa shape index (κ2) is 9.40. The van der Waals surface area contributed by atoms with Crippen LogP contribution >= 0.6 is 11.3 Å². The van der Waals surface area contributed by atoms with Gasteiger partial charge in [-0.25, -0.2) is 18.1 Å². The van der Waals surface area contributed by atoms with E-state index in [9.17, 15) is 13.2 Å². The van der Waals surface area contributed by atoms with Crippen molar-refractivity contribution in [1.82, 2.24) is 14.6 Å². The van der Waals surface area contributed by atoms with Crippen molar-refractivity contribution in [2.75, 3.05) is 32.6 Å². The monoisotopic (exact) mass is 454 g/mol. The highest BCUT2D eigenvalue weighted by atomic mass is 32.2. The first-order valence-corrected chi connectivity index (χ1v) is 11.8. The summed E-state index contributed by atoms with van der Waals surface area (Å²) in [4.78, 5) is 19.3. The fourth-order valence-corrected chi connectivity index (χ4v) is 5.00. The highest BCUT2D eigenvalue weighted by Gasteiger charge is 2.23. The van der Waals surface area contributed by atoms with Crippen LogP contribution in [-0.2, 0) is 21.3 Å². The van der Waals surface area contributed by atoms with Crippen molar-refractivity contribution in [3.8, 4) is 5.75 Å². The predicted octanol–water partition coefficient (Wildman–Crippen LogP) is 1.92. The Labute approximate surface area is 180 Å². The van der Waals surface area contributed by atoms with Gasteiger partial charge in [0.25, 0.3) is 5.91 Å². The number of aromatic nitrogens is 1. The number of sulfonamides is 1. The number of morpholine rings is 1. The van der Waals surface area contributed by atoms with Gasteiger partial charge < -0.3 is 9.47 Å². The molecule has 0 aliphatic carbocycles. The van der Waals surface area contributed by atoms with Gasteiger partial charge in [-0.15, -0.1) is 11.3 Å². The van der Waals surface area contributed by atoms with Crippen LogP contribution in [0.3, 0.4) is 0 Å². The summed E-state index contributed by atoms with van der Waals surface area (Å²) in [5, 5.41) is 5.10. The molecular weight excluding hydrogens is 428 g/mol. The Bertz CT molecular complexity index is 998. The van der Waals surface area contributed by atoms with E-state index in [1.54, 1.807) is 0 Å². The summed E-state index contributed by atoms with van der Waals surface area (Å²) < 4.78 is 37.5. The molecule has 1 aliphatic heterocycles. The fourth-order valence-electron chi connectivity index (χ4n) is 3.39. The first-order valence-electron chi connectivity index (χ1n) is 9.47. The molecule has 2 heterocycles. The molecule has 1 fully saturated rings. The van der Waals surface area contributed by atoms with E-state index in [0.717, 1.165) is 18.8 Å². The highest BCUT2D eigenvalue weighted by molar-refractivity contribution is 7.89. The maximum absolute atomic E-state index is 12.6. The van der Waals surface area contributed by atoms with E-state index in [1.165, 1.54) is 43.7 Å². The number of anilines is 1. The van der Waals surface area contributed by atoms with Gasteiger partial charge >= 0.3 is 0 Å². The van der Waals surface area contributed by atoms with Crippen LogP contribution in [0.5, 0.6) is 5.75 Å². The molecule has 1 saturated heterocycles. The first-order chi connectivity index (χ1) is 14.2. The molecule has 0 unspecified atom stereocenters. The standard InChI is InChI=1S/C19H26N4O5S2/c1-12-8-23(9-13(2)28-12)10-15-11-29-19(21-15)22-18(24)14-5-6-16(27-4)17(7-14)30(25,26)20-3/h5-7,11-13,20H,8-10H2,1-4H3,(H,21,22,24)/t12-,13-/m1/s1. The molecule has 0 bridgehead atoms. The summed E-state index contributed by atoms with van der Waals surface area (Å²) in [7, 11) is -1.10. The highest BCUT2D eigenvalue weighted by Crippen LogP contribution is 2.26. The van der Waals surface area contributed by atoms with E-state index in [0.29, 0.717) is 11.7 Å². The van der Waals surface area contributed by atoms with E-state index < -0.39 is 15.9 Å². The van der Waals surface area contributed by atoms with Crippen molar-refractivity contribution < 1.29 is 22.7 Å². The molecule has 1 aliphatic rings. The first kappa shape index (κ1) is 22.6. The molecule has 0 saturated carbocycles. The number of nitrogens with one attached hydrogen (secondary N) is 2. The minimum atomic E-state index is -3.77. The minimum Gasteiger partial charge on any atom is -0.495 e. The van der Waals surface area contributed by atoms with Crippen molar-refractivity contribution >= 4 is 32.4 Å².